The van der Waals surface area contributed by atoms with Crippen molar-refractivity contribution in [2.24, 2.45) is 23.7 Å². The molecule has 23 heavy (non-hydrogen) atoms. The van der Waals surface area contributed by atoms with Gasteiger partial charge in [0.25, 0.3) is 0 Å². The van der Waals surface area contributed by atoms with Crippen LogP contribution in [0.3, 0.4) is 0 Å². The molecule has 0 aliphatic carbocycles. The van der Waals surface area contributed by atoms with E-state index in [9.17, 15) is 4.79 Å². The number of nitrogens with two attached hydrogens (primary N) is 1. The van der Waals surface area contributed by atoms with E-state index in [0.717, 1.165) is 51.3 Å². The lowest BCUT2D eigenvalue weighted by Gasteiger charge is -2.34. The first-order valence-corrected chi connectivity index (χ1v) is 8.30. The monoisotopic (exact) mass is 320 g/mol. The summed E-state index contributed by atoms with van der Waals surface area (Å²) < 4.78 is 1.83. The van der Waals surface area contributed by atoms with E-state index < -0.39 is 0 Å². The number of aliphatic imine (C=N–C) groups is 1. The number of nitrogens with zero attached hydrogens (tertiary/aromatic N) is 4. The van der Waals surface area contributed by atoms with Crippen molar-refractivity contribution in [2.45, 2.75) is 32.1 Å². The molecule has 0 aromatic carbocycles. The van der Waals surface area contributed by atoms with Crippen LogP contribution in [0.15, 0.2) is 17.4 Å². The molecule has 7 heteroatoms. The zero-order valence-corrected chi connectivity index (χ0v) is 14.2. The van der Waals surface area contributed by atoms with Gasteiger partial charge in [-0.2, -0.15) is 5.10 Å². The Balaban J connectivity index is 1.74. The summed E-state index contributed by atoms with van der Waals surface area (Å²) >= 11 is 0. The van der Waals surface area contributed by atoms with Crippen molar-refractivity contribution in [3.63, 3.8) is 0 Å². The lowest BCUT2D eigenvalue weighted by atomic mass is 9.95. The average Bonchev–Trinajstić information content (AvgIpc) is 2.92. The van der Waals surface area contributed by atoms with E-state index in [4.69, 9.17) is 5.73 Å². The molecule has 1 aromatic rings. The van der Waals surface area contributed by atoms with E-state index in [1.165, 1.54) is 5.56 Å². The molecule has 1 aliphatic rings. The van der Waals surface area contributed by atoms with Gasteiger partial charge in [0.15, 0.2) is 5.96 Å². The van der Waals surface area contributed by atoms with E-state index in [1.807, 2.05) is 24.1 Å². The molecule has 1 unspecified atom stereocenters. The molecule has 1 atom stereocenters. The number of piperidine rings is 1. The fourth-order valence-corrected chi connectivity index (χ4v) is 3.13. The summed E-state index contributed by atoms with van der Waals surface area (Å²) in [7, 11) is 3.74. The van der Waals surface area contributed by atoms with Crippen LogP contribution in [0.2, 0.25) is 0 Å². The van der Waals surface area contributed by atoms with Crippen LogP contribution < -0.4 is 11.1 Å². The summed E-state index contributed by atoms with van der Waals surface area (Å²) in [5.41, 5.74) is 6.58. The molecule has 3 N–H and O–H groups in total. The maximum Gasteiger partial charge on any atom is 0.217 e. The second-order valence-corrected chi connectivity index (χ2v) is 6.22. The minimum Gasteiger partial charge on any atom is -0.370 e. The van der Waals surface area contributed by atoms with Crippen LogP contribution >= 0.6 is 0 Å². The summed E-state index contributed by atoms with van der Waals surface area (Å²) in [5.74, 6) is 1.05. The number of nitrogens with one attached hydrogen (secondary N) is 1. The Kier molecular flexibility index (Phi) is 6.43. The highest BCUT2D eigenvalue weighted by Gasteiger charge is 2.23. The Morgan fingerprint density at radius 3 is 3.04 bits per heavy atom. The highest BCUT2D eigenvalue weighted by atomic mass is 16.1. The quantitative estimate of drug-likeness (QED) is 0.454. The number of aryl methyl sites for hydroxylation is 2. The first-order chi connectivity index (χ1) is 11.1. The summed E-state index contributed by atoms with van der Waals surface area (Å²) in [6.07, 6.45) is 8.60. The maximum atomic E-state index is 11.1. The Morgan fingerprint density at radius 2 is 2.39 bits per heavy atom. The van der Waals surface area contributed by atoms with Gasteiger partial charge in [-0.3, -0.25) is 14.5 Å². The molecule has 0 spiro atoms. The highest BCUT2D eigenvalue weighted by Crippen LogP contribution is 2.19. The van der Waals surface area contributed by atoms with Crippen molar-refractivity contribution in [3.8, 4) is 0 Å². The van der Waals surface area contributed by atoms with E-state index in [-0.39, 0.29) is 5.91 Å². The number of aromatic nitrogens is 2. The van der Waals surface area contributed by atoms with Gasteiger partial charge in [-0.05, 0) is 37.2 Å². The second kappa shape index (κ2) is 8.55. The first-order valence-electron chi connectivity index (χ1n) is 8.30. The number of rotatable bonds is 6. The molecular weight excluding hydrogens is 292 g/mol. The molecule has 2 rings (SSSR count). The normalized spacial score (nSPS) is 19.0. The Bertz CT molecular complexity index is 538. The van der Waals surface area contributed by atoms with Crippen LogP contribution in [0.5, 0.6) is 0 Å². The number of carbonyl (C=O) groups is 1. The van der Waals surface area contributed by atoms with Crippen molar-refractivity contribution in [1.82, 2.24) is 20.0 Å². The van der Waals surface area contributed by atoms with Gasteiger partial charge in [-0.15, -0.1) is 0 Å². The van der Waals surface area contributed by atoms with Crippen molar-refractivity contribution >= 4 is 11.9 Å². The smallest absolute Gasteiger partial charge is 0.217 e. The fraction of sp³-hybridized carbons (Fsp3) is 0.688. The molecule has 128 valence electrons. The third-order valence-electron chi connectivity index (χ3n) is 4.20. The van der Waals surface area contributed by atoms with Gasteiger partial charge in [0.2, 0.25) is 5.91 Å². The van der Waals surface area contributed by atoms with Gasteiger partial charge < -0.3 is 16.0 Å². The topological polar surface area (TPSA) is 88.5 Å². The minimum absolute atomic E-state index is 0.212. The maximum absolute atomic E-state index is 11.1. The van der Waals surface area contributed by atoms with Crippen molar-refractivity contribution in [2.75, 3.05) is 26.7 Å². The Labute approximate surface area is 137 Å². The third kappa shape index (κ3) is 5.58. The van der Waals surface area contributed by atoms with Gasteiger partial charge in [0.1, 0.15) is 0 Å². The average molecular weight is 320 g/mol. The van der Waals surface area contributed by atoms with E-state index in [2.05, 4.69) is 20.3 Å². The largest absolute Gasteiger partial charge is 0.370 e. The zero-order valence-electron chi connectivity index (χ0n) is 14.2. The fourth-order valence-electron chi connectivity index (χ4n) is 3.13. The van der Waals surface area contributed by atoms with Crippen LogP contribution in [-0.4, -0.2) is 53.2 Å². The second-order valence-electron chi connectivity index (χ2n) is 6.22. The molecule has 1 saturated heterocycles. The van der Waals surface area contributed by atoms with Crippen LogP contribution in [0.1, 0.15) is 31.2 Å². The van der Waals surface area contributed by atoms with Gasteiger partial charge in [0.05, 0.1) is 6.20 Å². The summed E-state index contributed by atoms with van der Waals surface area (Å²) in [6, 6.07) is 0. The summed E-state index contributed by atoms with van der Waals surface area (Å²) in [6.45, 7) is 2.71. The van der Waals surface area contributed by atoms with E-state index in [1.54, 1.807) is 7.05 Å². The molecule has 0 saturated carbocycles. The summed E-state index contributed by atoms with van der Waals surface area (Å²) in [4.78, 5) is 17.7. The lowest BCUT2D eigenvalue weighted by molar-refractivity contribution is -0.119. The van der Waals surface area contributed by atoms with Crippen LogP contribution in [0.25, 0.3) is 0 Å². The SMILES string of the molecule is CN=C(NCCCc1cnn(C)c1)N1CCCC(CC(N)=O)C1. The standard InChI is InChI=1S/C16H28N6O/c1-18-16(19-7-3-5-14-10-20-21(2)11-14)22-8-4-6-13(12-22)9-15(17)23/h10-11,13H,3-9,12H2,1-2H3,(H2,17,23)(H,18,19). The number of primary amides is 1. The van der Waals surface area contributed by atoms with Gasteiger partial charge in [0, 0.05) is 46.3 Å². The molecule has 2 heterocycles. The number of guanidine groups is 1. The molecule has 1 fully saturated rings. The predicted molar refractivity (Wildman–Crippen MR) is 91.0 cm³/mol. The minimum atomic E-state index is -0.212. The molecule has 1 amide bonds. The molecule has 0 radical (unpaired) electrons. The van der Waals surface area contributed by atoms with Gasteiger partial charge in [-0.1, -0.05) is 0 Å². The lowest BCUT2D eigenvalue weighted by Crippen LogP contribution is -2.47. The zero-order chi connectivity index (χ0) is 16.7. The van der Waals surface area contributed by atoms with Crippen molar-refractivity contribution in [1.29, 1.82) is 0 Å². The number of likely N-dealkylation sites (tertiary alicyclic amines) is 1. The van der Waals surface area contributed by atoms with Gasteiger partial charge >= 0.3 is 0 Å². The van der Waals surface area contributed by atoms with Crippen molar-refractivity contribution in [3.05, 3.63) is 18.0 Å². The van der Waals surface area contributed by atoms with Crippen LogP contribution in [-0.2, 0) is 18.3 Å². The van der Waals surface area contributed by atoms with Gasteiger partial charge in [-0.25, -0.2) is 0 Å². The van der Waals surface area contributed by atoms with E-state index in [0.29, 0.717) is 12.3 Å². The number of hydrogen-bond donors (Lipinski definition) is 2. The molecule has 0 bridgehead atoms. The molecular formula is C16H28N6O. The number of carbonyl (C=O) groups excluding carboxylic acids is 1. The Hall–Kier alpha value is -2.05. The molecule has 1 aromatic heterocycles. The molecule has 1 aliphatic heterocycles. The van der Waals surface area contributed by atoms with Crippen LogP contribution in [0.4, 0.5) is 0 Å². The number of amides is 1. The third-order valence-corrected chi connectivity index (χ3v) is 4.20. The first kappa shape index (κ1) is 17.3. The highest BCUT2D eigenvalue weighted by molar-refractivity contribution is 5.80. The molecule has 7 nitrogen and oxygen atoms in total. The van der Waals surface area contributed by atoms with Crippen molar-refractivity contribution < 1.29 is 4.79 Å². The number of hydrogen-bond acceptors (Lipinski definition) is 3. The predicted octanol–water partition coefficient (Wildman–Crippen LogP) is 0.516. The summed E-state index contributed by atoms with van der Waals surface area (Å²) in [5, 5.41) is 7.60. The van der Waals surface area contributed by atoms with Crippen LogP contribution in [0, 0.1) is 5.92 Å². The Morgan fingerprint density at radius 1 is 1.57 bits per heavy atom. The van der Waals surface area contributed by atoms with E-state index >= 15 is 0 Å².